The minimum Gasteiger partial charge on any atom is -0.351 e. The van der Waals surface area contributed by atoms with Crippen molar-refractivity contribution in [2.45, 2.75) is 25.8 Å². The molecule has 0 aromatic carbocycles. The van der Waals surface area contributed by atoms with Crippen LogP contribution >= 0.6 is 11.3 Å². The van der Waals surface area contributed by atoms with Crippen LogP contribution in [0.4, 0.5) is 0 Å². The Balaban J connectivity index is 1.62. The summed E-state index contributed by atoms with van der Waals surface area (Å²) in [7, 11) is 0. The summed E-state index contributed by atoms with van der Waals surface area (Å²) in [6.45, 7) is 2.24. The van der Waals surface area contributed by atoms with Gasteiger partial charge in [0.05, 0.1) is 10.9 Å². The fourth-order valence-electron chi connectivity index (χ4n) is 1.68. The predicted octanol–water partition coefficient (Wildman–Crippen LogP) is 0.649. The fourth-order valence-corrected chi connectivity index (χ4v) is 2.32. The van der Waals surface area contributed by atoms with Gasteiger partial charge in [0.2, 0.25) is 5.91 Å². The van der Waals surface area contributed by atoms with E-state index in [1.165, 1.54) is 11.3 Å². The van der Waals surface area contributed by atoms with Crippen LogP contribution in [0.15, 0.2) is 17.5 Å². The molecule has 21 heavy (non-hydrogen) atoms. The third-order valence-electron chi connectivity index (χ3n) is 2.74. The van der Waals surface area contributed by atoms with E-state index in [9.17, 15) is 9.59 Å². The third kappa shape index (κ3) is 4.63. The highest BCUT2D eigenvalue weighted by molar-refractivity contribution is 7.12. The lowest BCUT2D eigenvalue weighted by Crippen LogP contribution is -2.29. The molecule has 0 saturated carbocycles. The molecule has 112 valence electrons. The molecule has 1 unspecified atom stereocenters. The van der Waals surface area contributed by atoms with Gasteiger partial charge in [-0.25, -0.2) is 0 Å². The molecule has 0 fully saturated rings. The first-order valence-corrected chi connectivity index (χ1v) is 7.39. The standard InChI is InChI=1S/C12H16N6O2S/c1-8(11-15-17-18-16-11)14-10(19)5-2-6-13-12(20)9-4-3-7-21-9/h3-4,7-8H,2,5-6H2,1H3,(H,13,20)(H,14,19)(H,15,16,17,18). The zero-order valence-electron chi connectivity index (χ0n) is 11.5. The normalized spacial score (nSPS) is 11.9. The quantitative estimate of drug-likeness (QED) is 0.650. The van der Waals surface area contributed by atoms with Crippen LogP contribution in [-0.4, -0.2) is 39.0 Å². The maximum Gasteiger partial charge on any atom is 0.261 e. The van der Waals surface area contributed by atoms with Gasteiger partial charge >= 0.3 is 0 Å². The highest BCUT2D eigenvalue weighted by atomic mass is 32.1. The first-order chi connectivity index (χ1) is 10.2. The monoisotopic (exact) mass is 308 g/mol. The van der Waals surface area contributed by atoms with Crippen molar-refractivity contribution in [3.63, 3.8) is 0 Å². The van der Waals surface area contributed by atoms with E-state index in [2.05, 4.69) is 31.3 Å². The van der Waals surface area contributed by atoms with Crippen LogP contribution in [0.2, 0.25) is 0 Å². The number of rotatable bonds is 7. The summed E-state index contributed by atoms with van der Waals surface area (Å²) in [5, 5.41) is 20.8. The van der Waals surface area contributed by atoms with Crippen LogP contribution in [-0.2, 0) is 4.79 Å². The van der Waals surface area contributed by atoms with Gasteiger partial charge in [0.1, 0.15) is 0 Å². The lowest BCUT2D eigenvalue weighted by molar-refractivity contribution is -0.121. The SMILES string of the molecule is CC(NC(=O)CCCNC(=O)c1cccs1)c1nn[nH]n1. The summed E-state index contributed by atoms with van der Waals surface area (Å²) in [5.41, 5.74) is 0. The number of amides is 2. The lowest BCUT2D eigenvalue weighted by Gasteiger charge is -2.09. The first kappa shape index (κ1) is 15.1. The minimum atomic E-state index is -0.294. The largest absolute Gasteiger partial charge is 0.351 e. The number of H-pyrrole nitrogens is 1. The molecule has 2 aromatic rings. The molecule has 3 N–H and O–H groups in total. The van der Waals surface area contributed by atoms with Crippen molar-refractivity contribution < 1.29 is 9.59 Å². The van der Waals surface area contributed by atoms with E-state index in [1.54, 1.807) is 13.0 Å². The van der Waals surface area contributed by atoms with Gasteiger partial charge in [-0.3, -0.25) is 9.59 Å². The van der Waals surface area contributed by atoms with Gasteiger partial charge in [-0.1, -0.05) is 11.3 Å². The zero-order valence-corrected chi connectivity index (χ0v) is 12.3. The number of aromatic amines is 1. The van der Waals surface area contributed by atoms with Gasteiger partial charge in [-0.05, 0) is 24.8 Å². The number of nitrogens with zero attached hydrogens (tertiary/aromatic N) is 3. The second kappa shape index (κ2) is 7.48. The minimum absolute atomic E-state index is 0.106. The van der Waals surface area contributed by atoms with Gasteiger partial charge in [0.15, 0.2) is 5.82 Å². The molecule has 0 aliphatic rings. The molecule has 0 aliphatic heterocycles. The van der Waals surface area contributed by atoms with Gasteiger partial charge in [-0.15, -0.1) is 21.5 Å². The number of hydrogen-bond acceptors (Lipinski definition) is 6. The van der Waals surface area contributed by atoms with E-state index in [4.69, 9.17) is 0 Å². The van der Waals surface area contributed by atoms with E-state index < -0.39 is 0 Å². The topological polar surface area (TPSA) is 113 Å². The van der Waals surface area contributed by atoms with Crippen LogP contribution in [0.1, 0.15) is 41.3 Å². The first-order valence-electron chi connectivity index (χ1n) is 6.51. The molecule has 0 saturated heterocycles. The second-order valence-corrected chi connectivity index (χ2v) is 5.34. The number of carbonyl (C=O) groups is 2. The molecule has 8 nitrogen and oxygen atoms in total. The molecule has 0 aliphatic carbocycles. The Morgan fingerprint density at radius 1 is 1.48 bits per heavy atom. The number of carbonyl (C=O) groups excluding carboxylic acids is 2. The molecule has 2 aromatic heterocycles. The molecule has 2 amide bonds. The fraction of sp³-hybridized carbons (Fsp3) is 0.417. The lowest BCUT2D eigenvalue weighted by atomic mass is 10.2. The molecule has 0 radical (unpaired) electrons. The third-order valence-corrected chi connectivity index (χ3v) is 3.61. The van der Waals surface area contributed by atoms with Crippen molar-refractivity contribution in [1.29, 1.82) is 0 Å². The van der Waals surface area contributed by atoms with Gasteiger partial charge in [0, 0.05) is 13.0 Å². The van der Waals surface area contributed by atoms with Crippen LogP contribution in [0.25, 0.3) is 0 Å². The molecule has 0 spiro atoms. The van der Waals surface area contributed by atoms with Crippen LogP contribution < -0.4 is 10.6 Å². The smallest absolute Gasteiger partial charge is 0.261 e. The summed E-state index contributed by atoms with van der Waals surface area (Å²) in [6.07, 6.45) is 0.898. The Morgan fingerprint density at radius 3 is 3.00 bits per heavy atom. The molecular weight excluding hydrogens is 292 g/mol. The Morgan fingerprint density at radius 2 is 2.33 bits per heavy atom. The number of tetrazole rings is 1. The maximum atomic E-state index is 11.7. The van der Waals surface area contributed by atoms with Crippen LogP contribution in [0.3, 0.4) is 0 Å². The number of hydrogen-bond donors (Lipinski definition) is 3. The van der Waals surface area contributed by atoms with Crippen molar-refractivity contribution in [3.8, 4) is 0 Å². The van der Waals surface area contributed by atoms with E-state index in [-0.39, 0.29) is 17.9 Å². The van der Waals surface area contributed by atoms with E-state index in [1.807, 2.05) is 11.4 Å². The Hall–Kier alpha value is -2.29. The van der Waals surface area contributed by atoms with Crippen molar-refractivity contribution in [1.82, 2.24) is 31.3 Å². The summed E-state index contributed by atoms with van der Waals surface area (Å²) in [5.74, 6) is 0.220. The van der Waals surface area contributed by atoms with Crippen molar-refractivity contribution in [3.05, 3.63) is 28.2 Å². The summed E-state index contributed by atoms with van der Waals surface area (Å²) < 4.78 is 0. The molecule has 2 heterocycles. The second-order valence-electron chi connectivity index (χ2n) is 4.40. The molecule has 9 heteroatoms. The molecule has 2 rings (SSSR count). The average molecular weight is 308 g/mol. The van der Waals surface area contributed by atoms with E-state index >= 15 is 0 Å². The number of thiophene rings is 1. The van der Waals surface area contributed by atoms with Gasteiger partial charge < -0.3 is 10.6 Å². The van der Waals surface area contributed by atoms with E-state index in [0.717, 1.165) is 0 Å². The highest BCUT2D eigenvalue weighted by Gasteiger charge is 2.13. The van der Waals surface area contributed by atoms with Gasteiger partial charge in [0.25, 0.3) is 5.91 Å². The molecule has 1 atom stereocenters. The Labute approximate surface area is 125 Å². The molecule has 0 bridgehead atoms. The summed E-state index contributed by atoms with van der Waals surface area (Å²) in [4.78, 5) is 24.0. The average Bonchev–Trinajstić information content (AvgIpc) is 3.15. The Bertz CT molecular complexity index is 569. The van der Waals surface area contributed by atoms with Crippen molar-refractivity contribution in [2.24, 2.45) is 0 Å². The summed E-state index contributed by atoms with van der Waals surface area (Å²) >= 11 is 1.39. The van der Waals surface area contributed by atoms with Crippen molar-refractivity contribution >= 4 is 23.2 Å². The van der Waals surface area contributed by atoms with E-state index in [0.29, 0.717) is 30.1 Å². The van der Waals surface area contributed by atoms with Crippen LogP contribution in [0.5, 0.6) is 0 Å². The van der Waals surface area contributed by atoms with Crippen LogP contribution in [0, 0.1) is 0 Å². The maximum absolute atomic E-state index is 11.7. The Kier molecular flexibility index (Phi) is 5.38. The van der Waals surface area contributed by atoms with Gasteiger partial charge in [-0.2, -0.15) is 5.21 Å². The number of nitrogens with one attached hydrogen (secondary N) is 3. The highest BCUT2D eigenvalue weighted by Crippen LogP contribution is 2.08. The van der Waals surface area contributed by atoms with Crippen molar-refractivity contribution in [2.75, 3.05) is 6.54 Å². The zero-order chi connectivity index (χ0) is 15.1. The molecular formula is C12H16N6O2S. The number of aromatic nitrogens is 4. The predicted molar refractivity (Wildman–Crippen MR) is 76.6 cm³/mol. The summed E-state index contributed by atoms with van der Waals surface area (Å²) in [6, 6.07) is 3.29.